The van der Waals surface area contributed by atoms with E-state index in [0.29, 0.717) is 11.3 Å². The summed E-state index contributed by atoms with van der Waals surface area (Å²) in [5, 5.41) is 0. The number of allylic oxidation sites excluding steroid dienone is 1. The lowest BCUT2D eigenvalue weighted by atomic mass is 10.0. The molecule has 0 radical (unpaired) electrons. The topological polar surface area (TPSA) is 73.3 Å². The van der Waals surface area contributed by atoms with Gasteiger partial charge in [0.25, 0.3) is 0 Å². The maximum absolute atomic E-state index is 13.2. The molecule has 2 heterocycles. The van der Waals surface area contributed by atoms with Gasteiger partial charge in [-0.1, -0.05) is 19.4 Å². The maximum Gasteiger partial charge on any atom is 0.434 e. The van der Waals surface area contributed by atoms with Gasteiger partial charge in [0.1, 0.15) is 6.33 Å². The zero-order chi connectivity index (χ0) is 16.7. The van der Waals surface area contributed by atoms with Gasteiger partial charge in [-0.05, 0) is 6.92 Å². The second-order valence-electron chi connectivity index (χ2n) is 4.60. The SMILES string of the molecule is CC.CC1=C(C(N)=O)c2c(C(F)(F)F)nc3cncn3c2C1. The minimum Gasteiger partial charge on any atom is -0.366 e. The van der Waals surface area contributed by atoms with Crippen molar-refractivity contribution in [1.29, 1.82) is 0 Å². The van der Waals surface area contributed by atoms with E-state index in [1.165, 1.54) is 16.9 Å². The first-order valence-electron chi connectivity index (χ1n) is 6.72. The van der Waals surface area contributed by atoms with Crippen LogP contribution in [0.5, 0.6) is 0 Å². The Morgan fingerprint density at radius 2 is 2.00 bits per heavy atom. The number of hydrogen-bond donors (Lipinski definition) is 1. The van der Waals surface area contributed by atoms with Gasteiger partial charge in [-0.15, -0.1) is 0 Å². The number of nitrogens with zero attached hydrogens (tertiary/aromatic N) is 3. The Hall–Kier alpha value is -2.38. The standard InChI is InChI=1S/C12H9F3N4O.C2H6/c1-5-2-6-9(8(5)11(16)20)10(12(13,14)15)18-7-3-17-4-19(6)7;1-2/h3-4H,2H2,1H3,(H2,16,20);1-2H3. The molecule has 0 saturated heterocycles. The molecule has 5 nitrogen and oxygen atoms in total. The molecule has 0 unspecified atom stereocenters. The van der Waals surface area contributed by atoms with Gasteiger partial charge in [-0.2, -0.15) is 13.2 Å². The smallest absolute Gasteiger partial charge is 0.366 e. The lowest BCUT2D eigenvalue weighted by molar-refractivity contribution is -0.141. The van der Waals surface area contributed by atoms with E-state index >= 15 is 0 Å². The van der Waals surface area contributed by atoms with E-state index in [1.54, 1.807) is 6.92 Å². The van der Waals surface area contributed by atoms with Crippen molar-refractivity contribution in [2.75, 3.05) is 0 Å². The summed E-state index contributed by atoms with van der Waals surface area (Å²) in [5.41, 5.74) is 4.73. The lowest BCUT2D eigenvalue weighted by Gasteiger charge is -2.14. The van der Waals surface area contributed by atoms with E-state index in [0.717, 1.165) is 0 Å². The van der Waals surface area contributed by atoms with E-state index in [4.69, 9.17) is 5.73 Å². The second kappa shape index (κ2) is 5.43. The maximum atomic E-state index is 13.2. The van der Waals surface area contributed by atoms with Crippen LogP contribution in [-0.4, -0.2) is 20.3 Å². The van der Waals surface area contributed by atoms with Crippen molar-refractivity contribution in [3.63, 3.8) is 0 Å². The zero-order valence-electron chi connectivity index (χ0n) is 12.3. The Labute approximate surface area is 124 Å². The van der Waals surface area contributed by atoms with Gasteiger partial charge in [0.05, 0.1) is 6.20 Å². The van der Waals surface area contributed by atoms with Crippen LogP contribution in [-0.2, 0) is 17.4 Å². The van der Waals surface area contributed by atoms with E-state index in [1.807, 2.05) is 13.8 Å². The molecule has 0 atom stereocenters. The molecule has 1 aliphatic carbocycles. The highest BCUT2D eigenvalue weighted by Crippen LogP contribution is 2.41. The highest BCUT2D eigenvalue weighted by Gasteiger charge is 2.41. The van der Waals surface area contributed by atoms with Gasteiger partial charge in [-0.3, -0.25) is 9.20 Å². The average Bonchev–Trinajstić information content (AvgIpc) is 3.01. The molecule has 118 valence electrons. The summed E-state index contributed by atoms with van der Waals surface area (Å²) in [5.74, 6) is -0.881. The molecule has 0 spiro atoms. The lowest BCUT2D eigenvalue weighted by Crippen LogP contribution is -2.19. The quantitative estimate of drug-likeness (QED) is 0.879. The predicted octanol–water partition coefficient (Wildman–Crippen LogP) is 2.59. The number of imidazole rings is 1. The number of primary amides is 1. The molecule has 1 aliphatic rings. The van der Waals surface area contributed by atoms with E-state index in [-0.39, 0.29) is 23.2 Å². The van der Waals surface area contributed by atoms with E-state index in [2.05, 4.69) is 9.97 Å². The number of carbonyl (C=O) groups excluding carboxylic acids is 1. The van der Waals surface area contributed by atoms with Crippen LogP contribution < -0.4 is 5.73 Å². The number of fused-ring (bicyclic) bond motifs is 3. The fraction of sp³-hybridized carbons (Fsp3) is 0.357. The molecule has 2 N–H and O–H groups in total. The molecule has 3 rings (SSSR count). The molecular formula is C14H15F3N4O. The molecule has 8 heteroatoms. The molecular weight excluding hydrogens is 297 g/mol. The molecule has 2 aromatic rings. The largest absolute Gasteiger partial charge is 0.434 e. The Kier molecular flexibility index (Phi) is 3.95. The summed E-state index contributed by atoms with van der Waals surface area (Å²) >= 11 is 0. The van der Waals surface area contributed by atoms with Gasteiger partial charge < -0.3 is 5.73 Å². The summed E-state index contributed by atoms with van der Waals surface area (Å²) in [6, 6.07) is 0. The first kappa shape index (κ1) is 16.0. The van der Waals surface area contributed by atoms with Crippen LogP contribution in [0.4, 0.5) is 13.2 Å². The highest BCUT2D eigenvalue weighted by molar-refractivity contribution is 6.21. The first-order chi connectivity index (χ1) is 10.3. The molecule has 2 aromatic heterocycles. The van der Waals surface area contributed by atoms with Gasteiger partial charge in [0.15, 0.2) is 11.3 Å². The number of alkyl halides is 3. The Morgan fingerprint density at radius 1 is 1.36 bits per heavy atom. The number of rotatable bonds is 1. The van der Waals surface area contributed by atoms with Crippen molar-refractivity contribution in [2.45, 2.75) is 33.4 Å². The van der Waals surface area contributed by atoms with Crippen molar-refractivity contribution < 1.29 is 18.0 Å². The Balaban J connectivity index is 0.000000847. The van der Waals surface area contributed by atoms with Crippen molar-refractivity contribution in [3.05, 3.63) is 35.0 Å². The normalized spacial score (nSPS) is 13.9. The van der Waals surface area contributed by atoms with Gasteiger partial charge in [0.2, 0.25) is 5.91 Å². The number of aromatic nitrogens is 3. The van der Waals surface area contributed by atoms with Gasteiger partial charge in [-0.25, -0.2) is 9.97 Å². The minimum atomic E-state index is -4.67. The number of hydrogen-bond acceptors (Lipinski definition) is 3. The van der Waals surface area contributed by atoms with Crippen LogP contribution in [0.2, 0.25) is 0 Å². The van der Waals surface area contributed by atoms with Crippen molar-refractivity contribution in [1.82, 2.24) is 14.4 Å². The first-order valence-corrected chi connectivity index (χ1v) is 6.72. The van der Waals surface area contributed by atoms with Gasteiger partial charge >= 0.3 is 6.18 Å². The molecule has 22 heavy (non-hydrogen) atoms. The predicted molar refractivity (Wildman–Crippen MR) is 74.8 cm³/mol. The third-order valence-electron chi connectivity index (χ3n) is 3.29. The summed E-state index contributed by atoms with van der Waals surface area (Å²) in [7, 11) is 0. The fourth-order valence-electron chi connectivity index (χ4n) is 2.53. The highest BCUT2D eigenvalue weighted by atomic mass is 19.4. The molecule has 0 bridgehead atoms. The van der Waals surface area contributed by atoms with Crippen LogP contribution in [0.15, 0.2) is 18.1 Å². The Bertz CT molecular complexity index is 774. The summed E-state index contributed by atoms with van der Waals surface area (Å²) in [6.45, 7) is 5.59. The summed E-state index contributed by atoms with van der Waals surface area (Å²) in [4.78, 5) is 18.8. The van der Waals surface area contributed by atoms with Crippen LogP contribution in [0.25, 0.3) is 11.2 Å². The molecule has 1 amide bonds. The van der Waals surface area contributed by atoms with E-state index in [9.17, 15) is 18.0 Å². The Morgan fingerprint density at radius 3 is 2.55 bits per heavy atom. The van der Waals surface area contributed by atoms with Crippen molar-refractivity contribution in [2.24, 2.45) is 5.73 Å². The van der Waals surface area contributed by atoms with Crippen LogP contribution in [0.1, 0.15) is 37.7 Å². The monoisotopic (exact) mass is 312 g/mol. The van der Waals surface area contributed by atoms with Crippen LogP contribution in [0.3, 0.4) is 0 Å². The third kappa shape index (κ3) is 2.34. The fourth-order valence-corrected chi connectivity index (χ4v) is 2.53. The van der Waals surface area contributed by atoms with Crippen LogP contribution in [0, 0.1) is 0 Å². The molecule has 0 saturated carbocycles. The number of nitrogens with two attached hydrogens (primary N) is 1. The number of carbonyl (C=O) groups is 1. The number of amides is 1. The van der Waals surface area contributed by atoms with Crippen LogP contribution >= 0.6 is 0 Å². The van der Waals surface area contributed by atoms with Crippen molar-refractivity contribution in [3.8, 4) is 0 Å². The molecule has 0 fully saturated rings. The third-order valence-corrected chi connectivity index (χ3v) is 3.29. The van der Waals surface area contributed by atoms with E-state index < -0.39 is 17.8 Å². The second-order valence-corrected chi connectivity index (χ2v) is 4.60. The zero-order valence-corrected chi connectivity index (χ0v) is 12.3. The molecule has 0 aliphatic heterocycles. The number of halogens is 3. The van der Waals surface area contributed by atoms with Gasteiger partial charge in [0, 0.05) is 23.3 Å². The average molecular weight is 312 g/mol. The molecule has 0 aromatic carbocycles. The van der Waals surface area contributed by atoms with Crippen molar-refractivity contribution >= 4 is 17.1 Å². The summed E-state index contributed by atoms with van der Waals surface area (Å²) in [6.07, 6.45) is -1.83. The minimum absolute atomic E-state index is 0.0922. The summed E-state index contributed by atoms with van der Waals surface area (Å²) < 4.78 is 41.0.